The van der Waals surface area contributed by atoms with E-state index in [-0.39, 0.29) is 0 Å². The van der Waals surface area contributed by atoms with Gasteiger partial charge in [-0.3, -0.25) is 9.80 Å². The molecule has 4 atom stereocenters. The average molecular weight is 264 g/mol. The van der Waals surface area contributed by atoms with Crippen LogP contribution in [0.3, 0.4) is 0 Å². The second-order valence-corrected chi connectivity index (χ2v) is 6.32. The minimum Gasteiger partial charge on any atom is -0.274 e. The Morgan fingerprint density at radius 2 is 0.895 bits per heavy atom. The van der Waals surface area contributed by atoms with E-state index in [2.05, 4.69) is 44.2 Å². The summed E-state index contributed by atoms with van der Waals surface area (Å²) >= 11 is 0. The van der Waals surface area contributed by atoms with Gasteiger partial charge in [-0.25, -0.2) is 0 Å². The largest absolute Gasteiger partial charge is 0.274 e. The van der Waals surface area contributed by atoms with Crippen molar-refractivity contribution in [3.63, 3.8) is 0 Å². The van der Waals surface area contributed by atoms with Crippen LogP contribution in [0, 0.1) is 6.67 Å². The Morgan fingerprint density at radius 1 is 0.632 bits per heavy atom. The molecule has 2 radical (unpaired) electrons. The maximum absolute atomic E-state index is 3.85. The van der Waals surface area contributed by atoms with Crippen LogP contribution in [0.5, 0.6) is 0 Å². The maximum Gasteiger partial charge on any atom is 0.147 e. The fraction of sp³-hybridized carbons (Fsp3) is 0.941. The second-order valence-electron chi connectivity index (χ2n) is 6.32. The SMILES string of the molecule is CC[C@@H]1CC[C@@H](CC)N1[C]N1[C@H](CC)CC[C@H]1CC. The first-order valence-corrected chi connectivity index (χ1v) is 8.57. The highest BCUT2D eigenvalue weighted by Crippen LogP contribution is 2.35. The van der Waals surface area contributed by atoms with Crippen molar-refractivity contribution in [2.24, 2.45) is 0 Å². The van der Waals surface area contributed by atoms with Gasteiger partial charge in [0.15, 0.2) is 0 Å². The number of nitrogens with zero attached hydrogens (tertiary/aromatic N) is 2. The number of hydrogen-bond acceptors (Lipinski definition) is 2. The highest BCUT2D eigenvalue weighted by Gasteiger charge is 2.38. The highest BCUT2D eigenvalue weighted by molar-refractivity contribution is 4.96. The van der Waals surface area contributed by atoms with Crippen LogP contribution in [-0.4, -0.2) is 34.0 Å². The van der Waals surface area contributed by atoms with Crippen LogP contribution >= 0.6 is 0 Å². The van der Waals surface area contributed by atoms with Crippen LogP contribution in [0.1, 0.15) is 79.1 Å². The van der Waals surface area contributed by atoms with Gasteiger partial charge >= 0.3 is 0 Å². The van der Waals surface area contributed by atoms with Crippen molar-refractivity contribution < 1.29 is 0 Å². The minimum absolute atomic E-state index is 0.737. The molecule has 2 rings (SSSR count). The first-order chi connectivity index (χ1) is 9.24. The van der Waals surface area contributed by atoms with Gasteiger partial charge in [0.05, 0.1) is 0 Å². The van der Waals surface area contributed by atoms with Crippen molar-refractivity contribution in [3.8, 4) is 0 Å². The zero-order valence-electron chi connectivity index (χ0n) is 13.4. The maximum atomic E-state index is 3.85. The van der Waals surface area contributed by atoms with Crippen molar-refractivity contribution in [1.29, 1.82) is 0 Å². The molecular weight excluding hydrogens is 232 g/mol. The lowest BCUT2D eigenvalue weighted by Gasteiger charge is -2.36. The predicted octanol–water partition coefficient (Wildman–Crippen LogP) is 4.29. The van der Waals surface area contributed by atoms with Gasteiger partial charge < -0.3 is 0 Å². The van der Waals surface area contributed by atoms with E-state index in [0.29, 0.717) is 0 Å². The van der Waals surface area contributed by atoms with E-state index >= 15 is 0 Å². The fourth-order valence-corrected chi connectivity index (χ4v) is 3.99. The molecule has 2 heterocycles. The van der Waals surface area contributed by atoms with Gasteiger partial charge in [-0.15, -0.1) is 0 Å². The molecule has 0 N–H and O–H groups in total. The molecule has 2 heteroatoms. The number of hydrogen-bond donors (Lipinski definition) is 0. The summed E-state index contributed by atoms with van der Waals surface area (Å²) in [6, 6.07) is 2.95. The van der Waals surface area contributed by atoms with Gasteiger partial charge in [0, 0.05) is 24.2 Å². The average Bonchev–Trinajstić information content (AvgIpc) is 3.02. The smallest absolute Gasteiger partial charge is 0.147 e. The summed E-state index contributed by atoms with van der Waals surface area (Å²) in [7, 11) is 0. The van der Waals surface area contributed by atoms with Gasteiger partial charge in [-0.05, 0) is 51.4 Å². The Labute approximate surface area is 120 Å². The zero-order chi connectivity index (χ0) is 13.8. The lowest BCUT2D eigenvalue weighted by molar-refractivity contribution is 0.107. The van der Waals surface area contributed by atoms with Gasteiger partial charge in [0.2, 0.25) is 0 Å². The third-order valence-electron chi connectivity index (χ3n) is 5.36. The van der Waals surface area contributed by atoms with Crippen LogP contribution in [0.2, 0.25) is 0 Å². The van der Waals surface area contributed by atoms with Crippen molar-refractivity contribution in [2.45, 2.75) is 103 Å². The third-order valence-corrected chi connectivity index (χ3v) is 5.36. The van der Waals surface area contributed by atoms with E-state index in [9.17, 15) is 0 Å². The topological polar surface area (TPSA) is 6.48 Å². The molecule has 110 valence electrons. The zero-order valence-corrected chi connectivity index (χ0v) is 13.4. The van der Waals surface area contributed by atoms with E-state index in [1.807, 2.05) is 0 Å². The molecule has 2 aliphatic heterocycles. The molecule has 2 nitrogen and oxygen atoms in total. The molecule has 19 heavy (non-hydrogen) atoms. The predicted molar refractivity (Wildman–Crippen MR) is 81.7 cm³/mol. The first kappa shape index (κ1) is 15.3. The summed E-state index contributed by atoms with van der Waals surface area (Å²) < 4.78 is 0. The van der Waals surface area contributed by atoms with E-state index < -0.39 is 0 Å². The van der Waals surface area contributed by atoms with E-state index in [1.54, 1.807) is 0 Å². The highest BCUT2D eigenvalue weighted by atomic mass is 15.4. The fourth-order valence-electron chi connectivity index (χ4n) is 3.99. The van der Waals surface area contributed by atoms with Gasteiger partial charge in [-0.2, -0.15) is 0 Å². The monoisotopic (exact) mass is 264 g/mol. The van der Waals surface area contributed by atoms with Crippen LogP contribution in [0.15, 0.2) is 0 Å². The summed E-state index contributed by atoms with van der Waals surface area (Å²) in [5, 5.41) is 0. The quantitative estimate of drug-likeness (QED) is 0.706. The molecule has 0 amide bonds. The summed E-state index contributed by atoms with van der Waals surface area (Å²) in [5.74, 6) is 0. The van der Waals surface area contributed by atoms with Crippen LogP contribution in [0.4, 0.5) is 0 Å². The summed E-state index contributed by atoms with van der Waals surface area (Å²) in [5.41, 5.74) is 0. The van der Waals surface area contributed by atoms with E-state index in [4.69, 9.17) is 0 Å². The van der Waals surface area contributed by atoms with Crippen LogP contribution < -0.4 is 0 Å². The normalized spacial score (nSPS) is 37.3. The van der Waals surface area contributed by atoms with Crippen molar-refractivity contribution in [3.05, 3.63) is 6.67 Å². The van der Waals surface area contributed by atoms with Gasteiger partial charge in [-0.1, -0.05) is 27.7 Å². The lowest BCUT2D eigenvalue weighted by Crippen LogP contribution is -2.44. The van der Waals surface area contributed by atoms with Crippen molar-refractivity contribution >= 4 is 0 Å². The third kappa shape index (κ3) is 3.16. The Balaban J connectivity index is 2.03. The first-order valence-electron chi connectivity index (χ1n) is 8.57. The van der Waals surface area contributed by atoms with Gasteiger partial charge in [0.1, 0.15) is 6.67 Å². The Kier molecular flexibility index (Phi) is 5.70. The van der Waals surface area contributed by atoms with Crippen LogP contribution in [0.25, 0.3) is 0 Å². The van der Waals surface area contributed by atoms with E-state index in [0.717, 1.165) is 24.2 Å². The summed E-state index contributed by atoms with van der Waals surface area (Å²) in [4.78, 5) is 5.19. The number of rotatable bonds is 6. The number of likely N-dealkylation sites (tertiary alicyclic amines) is 2. The second kappa shape index (κ2) is 7.08. The Morgan fingerprint density at radius 3 is 1.11 bits per heavy atom. The van der Waals surface area contributed by atoms with Crippen molar-refractivity contribution in [2.75, 3.05) is 0 Å². The Bertz CT molecular complexity index is 216. The lowest BCUT2D eigenvalue weighted by atomic mass is 10.1. The van der Waals surface area contributed by atoms with Crippen molar-refractivity contribution in [1.82, 2.24) is 9.80 Å². The molecule has 0 aromatic carbocycles. The molecule has 0 saturated carbocycles. The molecule has 0 unspecified atom stereocenters. The molecule has 2 fully saturated rings. The standard InChI is InChI=1S/C17H32N2/c1-5-14-9-10-15(6-2)18(14)13-19-16(7-3)11-12-17(19)8-4/h14-17H,5-12H2,1-4H3/t14-,15-,16-,17-/m1/s1. The molecular formula is C17H32N2. The molecule has 2 aliphatic rings. The molecule has 0 bridgehead atoms. The molecule has 0 aromatic heterocycles. The minimum atomic E-state index is 0.737. The summed E-state index contributed by atoms with van der Waals surface area (Å²) in [6.45, 7) is 13.2. The molecule has 0 spiro atoms. The molecule has 0 aliphatic carbocycles. The molecule has 2 saturated heterocycles. The summed E-state index contributed by atoms with van der Waals surface area (Å²) in [6.07, 6.45) is 10.5. The van der Waals surface area contributed by atoms with Crippen LogP contribution in [-0.2, 0) is 0 Å². The molecule has 0 aromatic rings. The Hall–Kier alpha value is -0.0800. The van der Waals surface area contributed by atoms with Gasteiger partial charge in [0.25, 0.3) is 0 Å². The van der Waals surface area contributed by atoms with E-state index in [1.165, 1.54) is 51.4 Å².